The van der Waals surface area contributed by atoms with Crippen LogP contribution in [0.2, 0.25) is 0 Å². The summed E-state index contributed by atoms with van der Waals surface area (Å²) in [6, 6.07) is 0. The molecule has 0 radical (unpaired) electrons. The molecule has 0 aromatic rings. The van der Waals surface area contributed by atoms with Crippen LogP contribution in [-0.4, -0.2) is 24.7 Å². The van der Waals surface area contributed by atoms with Crippen molar-refractivity contribution < 1.29 is 9.47 Å². The number of hydrogen-bond donors (Lipinski definition) is 2. The van der Waals surface area contributed by atoms with Crippen molar-refractivity contribution in [3.8, 4) is 0 Å². The Kier molecular flexibility index (Phi) is 1.72. The van der Waals surface area contributed by atoms with Gasteiger partial charge >= 0.3 is 0 Å². The highest BCUT2D eigenvalue weighted by Crippen LogP contribution is 2.18. The van der Waals surface area contributed by atoms with Crippen LogP contribution in [0, 0.1) is 0 Å². The standard InChI is InChI=1S/C6H14N2O2/c1-5(2)9-3-6(7,8)4-10-5/h3-4,7-8H2,1-2H3. The Morgan fingerprint density at radius 2 is 1.50 bits per heavy atom. The van der Waals surface area contributed by atoms with Gasteiger partial charge in [0, 0.05) is 0 Å². The van der Waals surface area contributed by atoms with Gasteiger partial charge in [-0.2, -0.15) is 0 Å². The molecule has 1 aliphatic rings. The van der Waals surface area contributed by atoms with E-state index in [0.29, 0.717) is 13.2 Å². The predicted octanol–water partition coefficient (Wildman–Crippen LogP) is -0.617. The van der Waals surface area contributed by atoms with Crippen molar-refractivity contribution in [2.24, 2.45) is 11.5 Å². The summed E-state index contributed by atoms with van der Waals surface area (Å²) in [6.07, 6.45) is 0. The quantitative estimate of drug-likeness (QED) is 0.447. The fourth-order valence-corrected chi connectivity index (χ4v) is 0.700. The van der Waals surface area contributed by atoms with Crippen LogP contribution in [0.3, 0.4) is 0 Å². The fourth-order valence-electron chi connectivity index (χ4n) is 0.700. The smallest absolute Gasteiger partial charge is 0.163 e. The second-order valence-electron chi connectivity index (χ2n) is 3.21. The van der Waals surface area contributed by atoms with Crippen LogP contribution in [0.1, 0.15) is 13.8 Å². The second kappa shape index (κ2) is 2.17. The lowest BCUT2D eigenvalue weighted by atomic mass is 10.2. The van der Waals surface area contributed by atoms with Crippen molar-refractivity contribution in [2.45, 2.75) is 25.3 Å². The predicted molar refractivity (Wildman–Crippen MR) is 37.1 cm³/mol. The highest BCUT2D eigenvalue weighted by molar-refractivity contribution is 4.81. The topological polar surface area (TPSA) is 70.5 Å². The molecule has 60 valence electrons. The van der Waals surface area contributed by atoms with E-state index >= 15 is 0 Å². The maximum atomic E-state index is 5.53. The Bertz CT molecular complexity index is 106. The molecule has 1 aliphatic heterocycles. The minimum atomic E-state index is -0.810. The highest BCUT2D eigenvalue weighted by atomic mass is 16.7. The minimum Gasteiger partial charge on any atom is -0.347 e. The van der Waals surface area contributed by atoms with Crippen LogP contribution in [0.5, 0.6) is 0 Å². The molecule has 0 bridgehead atoms. The minimum absolute atomic E-state index is 0.347. The molecule has 0 saturated carbocycles. The van der Waals surface area contributed by atoms with Gasteiger partial charge in [0.2, 0.25) is 0 Å². The van der Waals surface area contributed by atoms with Crippen LogP contribution in [0.15, 0.2) is 0 Å². The van der Waals surface area contributed by atoms with Gasteiger partial charge in [-0.05, 0) is 13.8 Å². The zero-order valence-electron chi connectivity index (χ0n) is 6.39. The van der Waals surface area contributed by atoms with E-state index in [0.717, 1.165) is 0 Å². The van der Waals surface area contributed by atoms with E-state index in [4.69, 9.17) is 20.9 Å². The summed E-state index contributed by atoms with van der Waals surface area (Å²) in [5.74, 6) is -0.526. The average molecular weight is 146 g/mol. The Hall–Kier alpha value is -0.160. The molecule has 4 heteroatoms. The van der Waals surface area contributed by atoms with Gasteiger partial charge in [0.1, 0.15) is 5.66 Å². The van der Waals surface area contributed by atoms with Gasteiger partial charge in [0.25, 0.3) is 0 Å². The molecule has 10 heavy (non-hydrogen) atoms. The van der Waals surface area contributed by atoms with Crippen molar-refractivity contribution in [2.75, 3.05) is 13.2 Å². The summed E-state index contributed by atoms with van der Waals surface area (Å²) in [4.78, 5) is 0. The molecular formula is C6H14N2O2. The number of hydrogen-bond acceptors (Lipinski definition) is 4. The first-order valence-corrected chi connectivity index (χ1v) is 3.27. The molecule has 1 fully saturated rings. The lowest BCUT2D eigenvalue weighted by Gasteiger charge is -2.38. The van der Waals surface area contributed by atoms with Crippen molar-refractivity contribution in [3.63, 3.8) is 0 Å². The summed E-state index contributed by atoms with van der Waals surface area (Å²) in [7, 11) is 0. The van der Waals surface area contributed by atoms with E-state index in [-0.39, 0.29) is 0 Å². The highest BCUT2D eigenvalue weighted by Gasteiger charge is 2.33. The molecule has 1 saturated heterocycles. The van der Waals surface area contributed by atoms with Crippen molar-refractivity contribution >= 4 is 0 Å². The SMILES string of the molecule is CC1(C)OCC(N)(N)CO1. The van der Waals surface area contributed by atoms with Gasteiger partial charge in [0.05, 0.1) is 13.2 Å². The number of rotatable bonds is 0. The van der Waals surface area contributed by atoms with Crippen molar-refractivity contribution in [1.29, 1.82) is 0 Å². The van der Waals surface area contributed by atoms with E-state index in [1.807, 2.05) is 13.8 Å². The van der Waals surface area contributed by atoms with Gasteiger partial charge in [0.15, 0.2) is 5.79 Å². The Morgan fingerprint density at radius 3 is 1.80 bits per heavy atom. The lowest BCUT2D eigenvalue weighted by molar-refractivity contribution is -0.266. The lowest BCUT2D eigenvalue weighted by Crippen LogP contribution is -2.63. The van der Waals surface area contributed by atoms with Crippen LogP contribution in [0.25, 0.3) is 0 Å². The summed E-state index contributed by atoms with van der Waals surface area (Å²) < 4.78 is 10.4. The maximum Gasteiger partial charge on any atom is 0.163 e. The summed E-state index contributed by atoms with van der Waals surface area (Å²) in [5.41, 5.74) is 10.2. The Labute approximate surface area is 60.5 Å². The van der Waals surface area contributed by atoms with E-state index in [1.54, 1.807) is 0 Å². The largest absolute Gasteiger partial charge is 0.347 e. The van der Waals surface area contributed by atoms with Crippen LogP contribution in [0.4, 0.5) is 0 Å². The molecular weight excluding hydrogens is 132 g/mol. The third kappa shape index (κ3) is 1.91. The fraction of sp³-hybridized carbons (Fsp3) is 1.00. The normalized spacial score (nSPS) is 30.0. The van der Waals surface area contributed by atoms with Crippen molar-refractivity contribution in [3.05, 3.63) is 0 Å². The maximum absolute atomic E-state index is 5.53. The zero-order valence-corrected chi connectivity index (χ0v) is 6.39. The van der Waals surface area contributed by atoms with Gasteiger partial charge in [-0.3, -0.25) is 0 Å². The van der Waals surface area contributed by atoms with Crippen LogP contribution >= 0.6 is 0 Å². The summed E-state index contributed by atoms with van der Waals surface area (Å²) in [5, 5.41) is 0. The molecule has 4 nitrogen and oxygen atoms in total. The third-order valence-electron chi connectivity index (χ3n) is 1.38. The summed E-state index contributed by atoms with van der Waals surface area (Å²) in [6.45, 7) is 4.37. The second-order valence-corrected chi connectivity index (χ2v) is 3.21. The van der Waals surface area contributed by atoms with E-state index < -0.39 is 11.4 Å². The van der Waals surface area contributed by atoms with Gasteiger partial charge in [-0.15, -0.1) is 0 Å². The monoisotopic (exact) mass is 146 g/mol. The molecule has 0 atom stereocenters. The first-order valence-electron chi connectivity index (χ1n) is 3.27. The molecule has 4 N–H and O–H groups in total. The molecule has 0 unspecified atom stereocenters. The van der Waals surface area contributed by atoms with Gasteiger partial charge in [-0.1, -0.05) is 0 Å². The Balaban J connectivity index is 2.46. The molecule has 0 spiro atoms. The number of nitrogens with two attached hydrogens (primary N) is 2. The molecule has 0 amide bonds. The van der Waals surface area contributed by atoms with E-state index in [9.17, 15) is 0 Å². The molecule has 0 aromatic heterocycles. The zero-order chi connectivity index (χ0) is 7.83. The van der Waals surface area contributed by atoms with E-state index in [1.165, 1.54) is 0 Å². The first kappa shape index (κ1) is 7.94. The molecule has 1 heterocycles. The third-order valence-corrected chi connectivity index (χ3v) is 1.38. The molecule has 0 aromatic carbocycles. The molecule has 0 aliphatic carbocycles. The molecule has 1 rings (SSSR count). The first-order chi connectivity index (χ1) is 4.41. The Morgan fingerprint density at radius 1 is 1.10 bits per heavy atom. The van der Waals surface area contributed by atoms with Crippen LogP contribution in [-0.2, 0) is 9.47 Å². The number of ether oxygens (including phenoxy) is 2. The van der Waals surface area contributed by atoms with Gasteiger partial charge in [-0.25, -0.2) is 0 Å². The van der Waals surface area contributed by atoms with Crippen molar-refractivity contribution in [1.82, 2.24) is 0 Å². The van der Waals surface area contributed by atoms with Crippen LogP contribution < -0.4 is 11.5 Å². The summed E-state index contributed by atoms with van der Waals surface area (Å²) >= 11 is 0. The van der Waals surface area contributed by atoms with E-state index in [2.05, 4.69) is 0 Å². The average Bonchev–Trinajstić information content (AvgIpc) is 1.79. The van der Waals surface area contributed by atoms with Gasteiger partial charge < -0.3 is 20.9 Å².